The van der Waals surface area contributed by atoms with Crippen LogP contribution in [0.4, 0.5) is 5.69 Å². The van der Waals surface area contributed by atoms with Crippen molar-refractivity contribution in [3.05, 3.63) is 30.3 Å². The Morgan fingerprint density at radius 1 is 1.31 bits per heavy atom. The number of hydrogen-bond acceptors (Lipinski definition) is 2. The van der Waals surface area contributed by atoms with E-state index in [0.29, 0.717) is 19.8 Å². The van der Waals surface area contributed by atoms with Crippen LogP contribution in [0.5, 0.6) is 0 Å². The minimum absolute atomic E-state index is 0.371. The van der Waals surface area contributed by atoms with E-state index in [1.807, 2.05) is 42.4 Å². The molecule has 1 unspecified atom stereocenters. The maximum atomic E-state index is 4.65. The van der Waals surface area contributed by atoms with Crippen molar-refractivity contribution in [2.75, 3.05) is 7.05 Å². The van der Waals surface area contributed by atoms with Crippen LogP contribution in [0.25, 0.3) is 0 Å². The fourth-order valence-corrected chi connectivity index (χ4v) is 3.25. The molecule has 0 spiro atoms. The Labute approximate surface area is 102 Å². The first-order valence-electron chi connectivity index (χ1n) is 5.26. The van der Waals surface area contributed by atoms with Gasteiger partial charge < -0.3 is 0 Å². The van der Waals surface area contributed by atoms with Crippen molar-refractivity contribution in [3.63, 3.8) is 0 Å². The Morgan fingerprint density at radius 2 is 2.00 bits per heavy atom. The number of hydrazone groups is 1. The number of benzene rings is 1. The van der Waals surface area contributed by atoms with Crippen LogP contribution >= 0.6 is 0 Å². The van der Waals surface area contributed by atoms with Crippen molar-refractivity contribution in [3.8, 4) is 0 Å². The van der Waals surface area contributed by atoms with Crippen LogP contribution in [0, 0.1) is 0 Å². The number of aliphatic imine (C=N–C) groups is 1. The quantitative estimate of drug-likeness (QED) is 0.726. The second-order valence-corrected chi connectivity index (χ2v) is 6.50. The zero-order valence-electron chi connectivity index (χ0n) is 9.71. The molecular weight excluding hydrogens is 265 g/mol. The van der Waals surface area contributed by atoms with Gasteiger partial charge in [0, 0.05) is 0 Å². The molecule has 1 aliphatic rings. The van der Waals surface area contributed by atoms with E-state index in [0.717, 1.165) is 10.4 Å². The van der Waals surface area contributed by atoms with Gasteiger partial charge in [0.1, 0.15) is 0 Å². The number of amidine groups is 1. The third kappa shape index (κ3) is 2.52. The third-order valence-corrected chi connectivity index (χ3v) is 5.08. The summed E-state index contributed by atoms with van der Waals surface area (Å²) in [5.74, 6) is 0. The molecule has 0 aliphatic carbocycles. The van der Waals surface area contributed by atoms with Crippen molar-refractivity contribution in [2.45, 2.75) is 18.7 Å². The van der Waals surface area contributed by atoms with Gasteiger partial charge in [0.05, 0.1) is 0 Å². The van der Waals surface area contributed by atoms with Crippen molar-refractivity contribution in [2.24, 2.45) is 10.1 Å². The summed E-state index contributed by atoms with van der Waals surface area (Å²) in [6.07, 6.45) is 0. The van der Waals surface area contributed by atoms with Crippen molar-refractivity contribution in [1.82, 2.24) is 5.01 Å². The molecule has 0 fully saturated rings. The van der Waals surface area contributed by atoms with Crippen molar-refractivity contribution < 1.29 is 0 Å². The van der Waals surface area contributed by atoms with Gasteiger partial charge in [-0.2, -0.15) is 0 Å². The van der Waals surface area contributed by atoms with Crippen molar-refractivity contribution >= 4 is 31.1 Å². The Bertz CT molecular complexity index is 425. The number of para-hydroxylation sites is 1. The predicted molar refractivity (Wildman–Crippen MR) is 69.6 cm³/mol. The first-order valence-corrected chi connectivity index (χ1v) is 7.10. The summed E-state index contributed by atoms with van der Waals surface area (Å²) in [6, 6.07) is 10.1. The monoisotopic (exact) mass is 281 g/mol. The normalized spacial score (nSPS) is 23.4. The van der Waals surface area contributed by atoms with E-state index in [-0.39, 0.29) is 0 Å². The van der Waals surface area contributed by atoms with Gasteiger partial charge in [-0.1, -0.05) is 0 Å². The standard InChI is InChI=1S/C12H15N3Se/c1-9-10(2)16-12(15(3)14-9)13-11-7-5-4-6-8-11/h4-8,10H,1-3H3. The van der Waals surface area contributed by atoms with Gasteiger partial charge in [-0.25, -0.2) is 0 Å². The van der Waals surface area contributed by atoms with E-state index in [2.05, 4.69) is 23.9 Å². The molecule has 84 valence electrons. The molecule has 1 aliphatic heterocycles. The van der Waals surface area contributed by atoms with Crippen LogP contribution < -0.4 is 0 Å². The Balaban J connectivity index is 2.26. The molecule has 4 heteroatoms. The third-order valence-electron chi connectivity index (χ3n) is 2.44. The molecule has 16 heavy (non-hydrogen) atoms. The molecule has 0 bridgehead atoms. The Hall–Kier alpha value is -1.12. The summed E-state index contributed by atoms with van der Waals surface area (Å²) in [5.41, 5.74) is 2.21. The van der Waals surface area contributed by atoms with Gasteiger partial charge in [-0.05, 0) is 0 Å². The second kappa shape index (κ2) is 4.81. The van der Waals surface area contributed by atoms with Crippen LogP contribution in [0.1, 0.15) is 13.8 Å². The average Bonchev–Trinajstić information content (AvgIpc) is 2.27. The van der Waals surface area contributed by atoms with Crippen LogP contribution in [0.3, 0.4) is 0 Å². The van der Waals surface area contributed by atoms with E-state index in [4.69, 9.17) is 0 Å². The molecule has 0 amide bonds. The second-order valence-electron chi connectivity index (χ2n) is 3.75. The van der Waals surface area contributed by atoms with Crippen LogP contribution in [-0.4, -0.2) is 37.5 Å². The molecule has 0 N–H and O–H groups in total. The van der Waals surface area contributed by atoms with Crippen LogP contribution in [0.15, 0.2) is 40.4 Å². The molecule has 0 saturated heterocycles. The van der Waals surface area contributed by atoms with Gasteiger partial charge in [0.2, 0.25) is 0 Å². The SMILES string of the molecule is CC1=NN(C)C(=Nc2ccccc2)[Se]C1C. The summed E-state index contributed by atoms with van der Waals surface area (Å²) >= 11 is 0.371. The molecule has 2 rings (SSSR count). The van der Waals surface area contributed by atoms with Gasteiger partial charge in [-0.3, -0.25) is 0 Å². The van der Waals surface area contributed by atoms with Gasteiger partial charge in [0.15, 0.2) is 0 Å². The first kappa shape index (κ1) is 11.4. The van der Waals surface area contributed by atoms with Crippen LogP contribution in [0.2, 0.25) is 4.82 Å². The zero-order valence-corrected chi connectivity index (χ0v) is 11.4. The molecule has 0 saturated carbocycles. The average molecular weight is 280 g/mol. The molecule has 1 aromatic carbocycles. The van der Waals surface area contributed by atoms with E-state index >= 15 is 0 Å². The summed E-state index contributed by atoms with van der Waals surface area (Å²) in [4.78, 5) is 5.19. The van der Waals surface area contributed by atoms with Gasteiger partial charge in [-0.15, -0.1) is 0 Å². The molecule has 0 radical (unpaired) electrons. The summed E-state index contributed by atoms with van der Waals surface area (Å²) in [5, 5.41) is 6.38. The predicted octanol–water partition coefficient (Wildman–Crippen LogP) is 2.51. The van der Waals surface area contributed by atoms with Crippen LogP contribution in [-0.2, 0) is 0 Å². The summed E-state index contributed by atoms with van der Waals surface area (Å²) < 4.78 is 1.09. The fourth-order valence-electron chi connectivity index (χ4n) is 1.39. The van der Waals surface area contributed by atoms with E-state index in [1.165, 1.54) is 5.71 Å². The van der Waals surface area contributed by atoms with Gasteiger partial charge >= 0.3 is 102 Å². The number of nitrogens with zero attached hydrogens (tertiary/aromatic N) is 3. The first-order chi connectivity index (χ1) is 7.66. The maximum absolute atomic E-state index is 4.65. The van der Waals surface area contributed by atoms with E-state index < -0.39 is 0 Å². The number of rotatable bonds is 1. The van der Waals surface area contributed by atoms with Gasteiger partial charge in [0.25, 0.3) is 0 Å². The molecule has 1 heterocycles. The Kier molecular flexibility index (Phi) is 3.42. The molecular formula is C12H15N3Se. The molecule has 0 aromatic heterocycles. The molecule has 1 atom stereocenters. The minimum atomic E-state index is 0.371. The van der Waals surface area contributed by atoms with E-state index in [1.54, 1.807) is 0 Å². The summed E-state index contributed by atoms with van der Waals surface area (Å²) in [6.45, 7) is 4.30. The number of hydrogen-bond donors (Lipinski definition) is 0. The van der Waals surface area contributed by atoms with E-state index in [9.17, 15) is 0 Å². The molecule has 3 nitrogen and oxygen atoms in total. The fraction of sp³-hybridized carbons (Fsp3) is 0.333. The Morgan fingerprint density at radius 3 is 2.69 bits per heavy atom. The topological polar surface area (TPSA) is 28.0 Å². The zero-order chi connectivity index (χ0) is 11.5. The summed E-state index contributed by atoms with van der Waals surface area (Å²) in [7, 11) is 1.97. The van der Waals surface area contributed by atoms with Crippen molar-refractivity contribution in [1.29, 1.82) is 0 Å². The molecule has 1 aromatic rings.